The SMILES string of the molecule is CO[Te](=O)(=O)O. The van der Waals surface area contributed by atoms with Crippen LogP contribution < -0.4 is 0 Å². The molecule has 0 bridgehead atoms. The van der Waals surface area contributed by atoms with Gasteiger partial charge in [-0.2, -0.15) is 0 Å². The molecule has 5 heteroatoms. The molecule has 0 radical (unpaired) electrons. The zero-order valence-corrected chi connectivity index (χ0v) is 5.41. The van der Waals surface area contributed by atoms with E-state index in [2.05, 4.69) is 3.10 Å². The van der Waals surface area contributed by atoms with E-state index < -0.39 is 19.0 Å². The molecule has 0 atom stereocenters. The van der Waals surface area contributed by atoms with Gasteiger partial charge >= 0.3 is 38.9 Å². The fourth-order valence-corrected chi connectivity index (χ4v) is 0. The Kier molecular flexibility index (Phi) is 1.94. The topological polar surface area (TPSA) is 63.6 Å². The third kappa shape index (κ3) is 4.31. The van der Waals surface area contributed by atoms with Crippen molar-refractivity contribution in [3.63, 3.8) is 0 Å². The summed E-state index contributed by atoms with van der Waals surface area (Å²) in [5.41, 5.74) is 0. The van der Waals surface area contributed by atoms with Crippen molar-refractivity contribution in [1.29, 1.82) is 0 Å². The Morgan fingerprint density at radius 3 is 1.83 bits per heavy atom. The second kappa shape index (κ2) is 1.85. The fraction of sp³-hybridized carbons (Fsp3) is 1.00. The molecule has 0 aliphatic heterocycles. The molecule has 1 N–H and O–H groups in total. The third-order valence-corrected chi connectivity index (χ3v) is 1.41. The second-order valence-electron chi connectivity index (χ2n) is 0.594. The molecule has 6 heavy (non-hydrogen) atoms. The Hall–Kier alpha value is 0.310. The summed E-state index contributed by atoms with van der Waals surface area (Å²) in [7, 11) is 0.918. The van der Waals surface area contributed by atoms with Gasteiger partial charge < -0.3 is 0 Å². The van der Waals surface area contributed by atoms with Crippen LogP contribution in [0.15, 0.2) is 0 Å². The minimum absolute atomic E-state index is 0.918. The summed E-state index contributed by atoms with van der Waals surface area (Å²) in [6.45, 7) is 0. The van der Waals surface area contributed by atoms with Gasteiger partial charge in [-0.15, -0.1) is 0 Å². The minimum atomic E-state index is -5.06. The summed E-state index contributed by atoms with van der Waals surface area (Å²) in [4.78, 5) is 0. The maximum atomic E-state index is 9.44. The first-order chi connectivity index (χ1) is 2.56. The average molecular weight is 208 g/mol. The van der Waals surface area contributed by atoms with E-state index in [-0.39, 0.29) is 0 Å². The van der Waals surface area contributed by atoms with Crippen molar-refractivity contribution in [3.8, 4) is 0 Å². The Morgan fingerprint density at radius 1 is 1.67 bits per heavy atom. The zero-order chi connectivity index (χ0) is 5.21. The molecule has 38 valence electrons. The summed E-state index contributed by atoms with van der Waals surface area (Å²) in [6.07, 6.45) is 0. The van der Waals surface area contributed by atoms with Crippen molar-refractivity contribution in [2.75, 3.05) is 7.11 Å². The molecule has 0 saturated heterocycles. The van der Waals surface area contributed by atoms with Gasteiger partial charge in [0, 0.05) is 0 Å². The molecule has 0 aliphatic rings. The van der Waals surface area contributed by atoms with Crippen LogP contribution in [0.25, 0.3) is 0 Å². The summed E-state index contributed by atoms with van der Waals surface area (Å²) in [5, 5.41) is 0. The van der Waals surface area contributed by atoms with Crippen molar-refractivity contribution < 1.29 is 12.8 Å². The number of hydrogen-bond acceptors (Lipinski definition) is 3. The van der Waals surface area contributed by atoms with E-state index in [1.54, 1.807) is 0 Å². The molecule has 0 aliphatic carbocycles. The van der Waals surface area contributed by atoms with Crippen LogP contribution in [0, 0.1) is 0 Å². The van der Waals surface area contributed by atoms with Crippen LogP contribution in [-0.2, 0) is 9.31 Å². The van der Waals surface area contributed by atoms with Crippen molar-refractivity contribution in [2.24, 2.45) is 0 Å². The molecular weight excluding hydrogens is 204 g/mol. The monoisotopic (exact) mass is 210 g/mol. The summed E-state index contributed by atoms with van der Waals surface area (Å²) in [5.74, 6) is 0. The summed E-state index contributed by atoms with van der Waals surface area (Å²) < 4.78 is 30.1. The van der Waals surface area contributed by atoms with Gasteiger partial charge in [0.2, 0.25) is 0 Å². The Labute approximate surface area is 39.4 Å². The van der Waals surface area contributed by atoms with E-state index >= 15 is 0 Å². The molecule has 0 unspecified atom stereocenters. The van der Waals surface area contributed by atoms with E-state index in [4.69, 9.17) is 3.47 Å². The van der Waals surface area contributed by atoms with Crippen LogP contribution in [-0.4, -0.2) is 29.6 Å². The second-order valence-corrected chi connectivity index (χ2v) is 3.99. The van der Waals surface area contributed by atoms with E-state index in [9.17, 15) is 6.21 Å². The van der Waals surface area contributed by atoms with Gasteiger partial charge in [0.05, 0.1) is 0 Å². The molecule has 0 amide bonds. The van der Waals surface area contributed by atoms with Gasteiger partial charge in [0.1, 0.15) is 0 Å². The van der Waals surface area contributed by atoms with E-state index in [0.717, 1.165) is 7.11 Å². The first-order valence-electron chi connectivity index (χ1n) is 1.09. The molecule has 0 fully saturated rings. The molecule has 0 rings (SSSR count). The van der Waals surface area contributed by atoms with Crippen molar-refractivity contribution >= 4 is 19.0 Å². The number of rotatable bonds is 1. The molecule has 0 aromatic rings. The van der Waals surface area contributed by atoms with Gasteiger partial charge in [-0.3, -0.25) is 0 Å². The van der Waals surface area contributed by atoms with E-state index in [1.807, 2.05) is 0 Å². The van der Waals surface area contributed by atoms with Crippen molar-refractivity contribution in [1.82, 2.24) is 0 Å². The molecule has 4 nitrogen and oxygen atoms in total. The van der Waals surface area contributed by atoms with Gasteiger partial charge in [-0.05, 0) is 0 Å². The molecule has 0 spiro atoms. The van der Waals surface area contributed by atoms with E-state index in [0.29, 0.717) is 0 Å². The predicted octanol–water partition coefficient (Wildman–Crippen LogP) is -1.08. The van der Waals surface area contributed by atoms with Crippen LogP contribution in [0.4, 0.5) is 0 Å². The Bertz CT molecular complexity index is 110. The molecular formula is CH4O4Te. The fourth-order valence-electron chi connectivity index (χ4n) is 0. The first-order valence-corrected chi connectivity index (χ1v) is 4.99. The van der Waals surface area contributed by atoms with Gasteiger partial charge in [-0.1, -0.05) is 0 Å². The maximum absolute atomic E-state index is 9.44. The Balaban J connectivity index is 3.85. The summed E-state index contributed by atoms with van der Waals surface area (Å²) in [6, 6.07) is 0. The van der Waals surface area contributed by atoms with Crippen LogP contribution in [0.5, 0.6) is 0 Å². The standard InChI is InChI=1S/CH4O4Te/c1-5-6(2,3)4/h1H3,(H,2,3,4). The van der Waals surface area contributed by atoms with Gasteiger partial charge in [-0.25, -0.2) is 0 Å². The van der Waals surface area contributed by atoms with Crippen molar-refractivity contribution in [3.05, 3.63) is 0 Å². The summed E-state index contributed by atoms with van der Waals surface area (Å²) >= 11 is -5.06. The van der Waals surface area contributed by atoms with Crippen LogP contribution in [0.1, 0.15) is 0 Å². The quantitative estimate of drug-likeness (QED) is 0.556. The molecule has 0 saturated carbocycles. The number of hydrogen-bond donors (Lipinski definition) is 1. The molecule has 0 aromatic carbocycles. The average Bonchev–Trinajstić information content (AvgIpc) is 1.35. The Morgan fingerprint density at radius 2 is 1.83 bits per heavy atom. The van der Waals surface area contributed by atoms with Gasteiger partial charge in [0.15, 0.2) is 0 Å². The molecule has 0 aromatic heterocycles. The normalized spacial score (nSPS) is 11.7. The van der Waals surface area contributed by atoms with E-state index in [1.165, 1.54) is 0 Å². The predicted molar refractivity (Wildman–Crippen MR) is 16.4 cm³/mol. The van der Waals surface area contributed by atoms with Crippen LogP contribution in [0.3, 0.4) is 0 Å². The van der Waals surface area contributed by atoms with Crippen LogP contribution in [0.2, 0.25) is 0 Å². The first kappa shape index (κ1) is 6.31. The van der Waals surface area contributed by atoms with Crippen LogP contribution >= 0.6 is 0 Å². The third-order valence-electron chi connectivity index (χ3n) is 0.211. The van der Waals surface area contributed by atoms with Crippen molar-refractivity contribution in [2.45, 2.75) is 0 Å². The van der Waals surface area contributed by atoms with Gasteiger partial charge in [0.25, 0.3) is 0 Å². The zero-order valence-electron chi connectivity index (χ0n) is 3.08. The molecule has 0 heterocycles.